The lowest BCUT2D eigenvalue weighted by Gasteiger charge is -2.09. The number of para-hydroxylation sites is 2. The summed E-state index contributed by atoms with van der Waals surface area (Å²) in [7, 11) is 0. The zero-order valence-electron chi connectivity index (χ0n) is 13.3. The third-order valence-corrected chi connectivity index (χ3v) is 4.54. The maximum atomic E-state index is 12.8. The topological polar surface area (TPSA) is 75.6 Å². The normalized spacial score (nSPS) is 11.5. The van der Waals surface area contributed by atoms with Gasteiger partial charge in [0, 0.05) is 11.1 Å². The fraction of sp³-hybridized carbons (Fsp3) is 0.118. The van der Waals surface area contributed by atoms with Crippen molar-refractivity contribution >= 4 is 45.3 Å². The predicted octanol–water partition coefficient (Wildman–Crippen LogP) is 3.87. The first-order valence-electron chi connectivity index (χ1n) is 7.73. The van der Waals surface area contributed by atoms with Gasteiger partial charge >= 0.3 is 0 Å². The summed E-state index contributed by atoms with van der Waals surface area (Å²) >= 11 is 0.328. The smallest absolute Gasteiger partial charge is 0.291 e. The average molecular weight is 373 g/mol. The van der Waals surface area contributed by atoms with Crippen LogP contribution in [-0.2, 0) is 11.3 Å². The maximum Gasteiger partial charge on any atom is 0.291 e. The monoisotopic (exact) mass is 373 g/mol. The number of amides is 1. The Morgan fingerprint density at radius 1 is 1.27 bits per heavy atom. The van der Waals surface area contributed by atoms with Crippen LogP contribution in [0.4, 0.5) is 14.5 Å². The molecule has 6 nitrogen and oxygen atoms in total. The number of anilines is 1. The standard InChI is InChI=1S/C17H13F2N5OS/c18-16(19)26-17-22-13-3-1-2-4-14(13)24(17)9-15(25)21-11-5-6-12-10(7-11)8-20-23-12/h1-8,16H,9H2,(H,20,23)(H,21,25). The number of hydrogen-bond acceptors (Lipinski definition) is 4. The molecule has 0 aliphatic rings. The van der Waals surface area contributed by atoms with E-state index in [4.69, 9.17) is 0 Å². The van der Waals surface area contributed by atoms with E-state index in [-0.39, 0.29) is 17.6 Å². The van der Waals surface area contributed by atoms with Gasteiger partial charge in [0.25, 0.3) is 5.76 Å². The van der Waals surface area contributed by atoms with Gasteiger partial charge in [0.2, 0.25) is 5.91 Å². The number of imidazole rings is 1. The van der Waals surface area contributed by atoms with Gasteiger partial charge in [-0.25, -0.2) is 4.98 Å². The number of halogens is 2. The largest absolute Gasteiger partial charge is 0.325 e. The van der Waals surface area contributed by atoms with E-state index in [1.54, 1.807) is 42.6 Å². The minimum atomic E-state index is -2.61. The fourth-order valence-corrected chi connectivity index (χ4v) is 3.34. The van der Waals surface area contributed by atoms with E-state index in [2.05, 4.69) is 20.5 Å². The van der Waals surface area contributed by atoms with Gasteiger partial charge in [0.1, 0.15) is 6.54 Å². The summed E-state index contributed by atoms with van der Waals surface area (Å²) in [5.74, 6) is -2.94. The number of thioether (sulfide) groups is 1. The molecule has 2 heterocycles. The van der Waals surface area contributed by atoms with E-state index in [1.165, 1.54) is 4.57 Å². The van der Waals surface area contributed by atoms with Crippen molar-refractivity contribution in [2.75, 3.05) is 5.32 Å². The molecule has 0 aliphatic carbocycles. The van der Waals surface area contributed by atoms with Crippen molar-refractivity contribution in [2.24, 2.45) is 0 Å². The molecule has 0 aliphatic heterocycles. The lowest BCUT2D eigenvalue weighted by atomic mass is 10.2. The third kappa shape index (κ3) is 3.25. The number of carbonyl (C=O) groups is 1. The lowest BCUT2D eigenvalue weighted by molar-refractivity contribution is -0.116. The number of carbonyl (C=O) groups excluding carboxylic acids is 1. The summed E-state index contributed by atoms with van der Waals surface area (Å²) in [6.45, 7) is -0.112. The number of benzene rings is 2. The highest BCUT2D eigenvalue weighted by molar-refractivity contribution is 7.99. The molecular formula is C17H13F2N5OS. The summed E-state index contributed by atoms with van der Waals surface area (Å²) in [5, 5.41) is 10.5. The molecule has 0 fully saturated rings. The summed E-state index contributed by atoms with van der Waals surface area (Å²) in [4.78, 5) is 16.7. The summed E-state index contributed by atoms with van der Waals surface area (Å²) < 4.78 is 27.2. The van der Waals surface area contributed by atoms with E-state index < -0.39 is 5.76 Å². The van der Waals surface area contributed by atoms with Crippen molar-refractivity contribution in [3.8, 4) is 0 Å². The molecule has 26 heavy (non-hydrogen) atoms. The van der Waals surface area contributed by atoms with Gasteiger partial charge < -0.3 is 9.88 Å². The Labute approximate surface area is 150 Å². The number of H-pyrrole nitrogens is 1. The minimum Gasteiger partial charge on any atom is -0.325 e. The van der Waals surface area contributed by atoms with Crippen LogP contribution in [0.3, 0.4) is 0 Å². The van der Waals surface area contributed by atoms with Crippen molar-refractivity contribution in [1.82, 2.24) is 19.7 Å². The van der Waals surface area contributed by atoms with Gasteiger partial charge in [0.15, 0.2) is 5.16 Å². The molecule has 4 rings (SSSR count). The highest BCUT2D eigenvalue weighted by atomic mass is 32.2. The van der Waals surface area contributed by atoms with Crippen LogP contribution in [0.25, 0.3) is 21.9 Å². The van der Waals surface area contributed by atoms with Gasteiger partial charge in [-0.3, -0.25) is 9.89 Å². The molecule has 2 aromatic heterocycles. The van der Waals surface area contributed by atoms with Gasteiger partial charge in [-0.1, -0.05) is 12.1 Å². The van der Waals surface area contributed by atoms with Crippen molar-refractivity contribution in [3.05, 3.63) is 48.7 Å². The Balaban J connectivity index is 1.60. The average Bonchev–Trinajstić information content (AvgIpc) is 3.19. The molecule has 0 spiro atoms. The Morgan fingerprint density at radius 2 is 2.12 bits per heavy atom. The Bertz CT molecular complexity index is 1090. The summed E-state index contributed by atoms with van der Waals surface area (Å²) in [6.07, 6.45) is 1.66. The van der Waals surface area contributed by atoms with E-state index in [9.17, 15) is 13.6 Å². The second-order valence-electron chi connectivity index (χ2n) is 5.57. The highest BCUT2D eigenvalue weighted by Crippen LogP contribution is 2.28. The van der Waals surface area contributed by atoms with Gasteiger partial charge in [-0.15, -0.1) is 0 Å². The fourth-order valence-electron chi connectivity index (χ4n) is 2.74. The van der Waals surface area contributed by atoms with Crippen LogP contribution >= 0.6 is 11.8 Å². The van der Waals surface area contributed by atoms with E-state index in [1.807, 2.05) is 6.07 Å². The van der Waals surface area contributed by atoms with Crippen LogP contribution in [0.2, 0.25) is 0 Å². The van der Waals surface area contributed by atoms with Crippen molar-refractivity contribution in [2.45, 2.75) is 17.5 Å². The predicted molar refractivity (Wildman–Crippen MR) is 96.3 cm³/mol. The SMILES string of the molecule is O=C(Cn1c(SC(F)F)nc2ccccc21)Nc1ccc2[nH]ncc2c1. The molecule has 0 unspecified atom stereocenters. The van der Waals surface area contributed by atoms with Crippen molar-refractivity contribution < 1.29 is 13.6 Å². The Kier molecular flexibility index (Phi) is 4.29. The first kappa shape index (κ1) is 16.5. The first-order valence-corrected chi connectivity index (χ1v) is 8.61. The van der Waals surface area contributed by atoms with Crippen LogP contribution in [-0.4, -0.2) is 31.4 Å². The number of fused-ring (bicyclic) bond motifs is 2. The molecule has 0 saturated heterocycles. The molecule has 2 aromatic carbocycles. The summed E-state index contributed by atoms with van der Waals surface area (Å²) in [5.41, 5.74) is 2.68. The van der Waals surface area contributed by atoms with Crippen LogP contribution in [0, 0.1) is 0 Å². The Hall–Kier alpha value is -2.94. The van der Waals surface area contributed by atoms with Crippen LogP contribution in [0.1, 0.15) is 0 Å². The highest BCUT2D eigenvalue weighted by Gasteiger charge is 2.17. The molecular weight excluding hydrogens is 360 g/mol. The van der Waals surface area contributed by atoms with E-state index in [0.717, 1.165) is 10.9 Å². The van der Waals surface area contributed by atoms with E-state index in [0.29, 0.717) is 28.5 Å². The second kappa shape index (κ2) is 6.75. The molecule has 2 N–H and O–H groups in total. The zero-order valence-corrected chi connectivity index (χ0v) is 14.1. The van der Waals surface area contributed by atoms with Gasteiger partial charge in [0.05, 0.1) is 22.7 Å². The number of aromatic nitrogens is 4. The summed E-state index contributed by atoms with van der Waals surface area (Å²) in [6, 6.07) is 12.4. The van der Waals surface area contributed by atoms with Crippen molar-refractivity contribution in [3.63, 3.8) is 0 Å². The third-order valence-electron chi connectivity index (χ3n) is 3.84. The molecule has 1 amide bonds. The van der Waals surface area contributed by atoms with Crippen LogP contribution in [0.15, 0.2) is 53.8 Å². The number of rotatable bonds is 5. The molecule has 9 heteroatoms. The first-order chi connectivity index (χ1) is 12.6. The molecule has 0 radical (unpaired) electrons. The van der Waals surface area contributed by atoms with E-state index >= 15 is 0 Å². The molecule has 132 valence electrons. The number of hydrogen-bond donors (Lipinski definition) is 2. The number of aromatic amines is 1. The maximum absolute atomic E-state index is 12.8. The van der Waals surface area contributed by atoms with Crippen molar-refractivity contribution in [1.29, 1.82) is 0 Å². The zero-order chi connectivity index (χ0) is 18.1. The Morgan fingerprint density at radius 3 is 2.96 bits per heavy atom. The molecule has 0 saturated carbocycles. The molecule has 0 bridgehead atoms. The number of nitrogens with zero attached hydrogens (tertiary/aromatic N) is 3. The van der Waals surface area contributed by atoms with Gasteiger partial charge in [-0.05, 0) is 42.1 Å². The van der Waals surface area contributed by atoms with Crippen LogP contribution in [0.5, 0.6) is 0 Å². The second-order valence-corrected chi connectivity index (χ2v) is 6.53. The minimum absolute atomic E-state index is 0.112. The number of nitrogens with one attached hydrogen (secondary N) is 2. The van der Waals surface area contributed by atoms with Crippen LogP contribution < -0.4 is 5.32 Å². The lowest BCUT2D eigenvalue weighted by Crippen LogP contribution is -2.19. The van der Waals surface area contributed by atoms with Gasteiger partial charge in [-0.2, -0.15) is 13.9 Å². The quantitative estimate of drug-likeness (QED) is 0.521. The molecule has 0 atom stereocenters. The molecule has 4 aromatic rings. The number of alkyl halides is 2.